The van der Waals surface area contributed by atoms with Crippen LogP contribution in [-0.2, 0) is 19.0 Å². The van der Waals surface area contributed by atoms with Crippen LogP contribution in [0.2, 0.25) is 0 Å². The Labute approximate surface area is 190 Å². The van der Waals surface area contributed by atoms with Gasteiger partial charge in [0, 0.05) is 18.6 Å². The number of amides is 2. The summed E-state index contributed by atoms with van der Waals surface area (Å²) in [5.74, 6) is -2.82. The normalized spacial score (nSPS) is 12.5. The number of ether oxygens (including phenoxy) is 3. The highest BCUT2D eigenvalue weighted by Gasteiger charge is 2.29. The molecule has 2 rings (SSSR count). The topological polar surface area (TPSA) is 111 Å². The standard InChI is InChI=1S/C22H24FNO7S/c1-2-29-18(10-11-30-19(26)13-32)20(15-8-9-17(25)16(23)12-15)31-22(28)24-21(27)14-6-4-3-5-7-14/h3-9,12,18,20,25,32H,2,10-11,13H2,1H3,(H,24,27,28)/t18-,20-/m1/s1. The van der Waals surface area contributed by atoms with Crippen LogP contribution in [0, 0.1) is 5.82 Å². The Balaban J connectivity index is 2.21. The molecule has 0 spiro atoms. The molecule has 0 heterocycles. The second kappa shape index (κ2) is 12.7. The van der Waals surface area contributed by atoms with Gasteiger partial charge in [-0.2, -0.15) is 12.6 Å². The van der Waals surface area contributed by atoms with Crippen molar-refractivity contribution in [3.63, 3.8) is 0 Å². The molecule has 0 fully saturated rings. The van der Waals surface area contributed by atoms with E-state index < -0.39 is 41.7 Å². The zero-order valence-electron chi connectivity index (χ0n) is 17.3. The first-order valence-electron chi connectivity index (χ1n) is 9.79. The molecule has 10 heteroatoms. The lowest BCUT2D eigenvalue weighted by Gasteiger charge is -2.27. The predicted molar refractivity (Wildman–Crippen MR) is 116 cm³/mol. The summed E-state index contributed by atoms with van der Waals surface area (Å²) in [4.78, 5) is 36.1. The second-order valence-corrected chi connectivity index (χ2v) is 6.83. The molecular weight excluding hydrogens is 441 g/mol. The molecule has 2 aromatic rings. The van der Waals surface area contributed by atoms with Crippen molar-refractivity contribution in [1.82, 2.24) is 5.32 Å². The minimum absolute atomic E-state index is 0.0605. The molecule has 0 aliphatic rings. The lowest BCUT2D eigenvalue weighted by atomic mass is 10.0. The maximum atomic E-state index is 14.0. The maximum Gasteiger partial charge on any atom is 0.414 e. The fourth-order valence-electron chi connectivity index (χ4n) is 2.83. The molecular formula is C22H24FNO7S. The Kier molecular flexibility index (Phi) is 9.96. The summed E-state index contributed by atoms with van der Waals surface area (Å²) in [6.07, 6.45) is -2.97. The Morgan fingerprint density at radius 1 is 1.16 bits per heavy atom. The van der Waals surface area contributed by atoms with Crippen molar-refractivity contribution >= 4 is 30.6 Å². The number of rotatable bonds is 10. The predicted octanol–water partition coefficient (Wildman–Crippen LogP) is 3.41. The fraction of sp³-hybridized carbons (Fsp3) is 0.318. The van der Waals surface area contributed by atoms with Crippen LogP contribution in [0.4, 0.5) is 9.18 Å². The fourth-order valence-corrected chi connectivity index (χ4v) is 2.92. The molecule has 0 unspecified atom stereocenters. The van der Waals surface area contributed by atoms with E-state index in [0.717, 1.165) is 12.1 Å². The number of halogens is 1. The number of esters is 1. The van der Waals surface area contributed by atoms with E-state index in [1.54, 1.807) is 25.1 Å². The van der Waals surface area contributed by atoms with Gasteiger partial charge in [0.15, 0.2) is 17.7 Å². The zero-order chi connectivity index (χ0) is 23.5. The summed E-state index contributed by atoms with van der Waals surface area (Å²) >= 11 is 3.83. The lowest BCUT2D eigenvalue weighted by Crippen LogP contribution is -2.36. The minimum atomic E-state index is -1.16. The first kappa shape index (κ1) is 25.2. The Bertz CT molecular complexity index is 926. The number of phenols is 1. The molecule has 0 saturated heterocycles. The van der Waals surface area contributed by atoms with Gasteiger partial charge in [0.05, 0.1) is 12.4 Å². The first-order valence-corrected chi connectivity index (χ1v) is 10.4. The second-order valence-electron chi connectivity index (χ2n) is 6.52. The van der Waals surface area contributed by atoms with Gasteiger partial charge in [-0.05, 0) is 36.8 Å². The maximum absolute atomic E-state index is 14.0. The SMILES string of the molecule is CCO[C@H](CCOC(=O)CS)[C@H](OC(=O)NC(=O)c1ccccc1)c1ccc(O)c(F)c1. The molecule has 0 radical (unpaired) electrons. The average Bonchev–Trinajstić information content (AvgIpc) is 2.79. The highest BCUT2D eigenvalue weighted by Crippen LogP contribution is 2.29. The van der Waals surface area contributed by atoms with Gasteiger partial charge in [-0.15, -0.1) is 0 Å². The third-order valence-electron chi connectivity index (χ3n) is 4.30. The van der Waals surface area contributed by atoms with E-state index in [4.69, 9.17) is 14.2 Å². The molecule has 8 nitrogen and oxygen atoms in total. The summed E-state index contributed by atoms with van der Waals surface area (Å²) in [6.45, 7) is 1.87. The monoisotopic (exact) mass is 465 g/mol. The number of phenolic OH excluding ortho intramolecular Hbond substituents is 1. The van der Waals surface area contributed by atoms with Gasteiger partial charge in [-0.1, -0.05) is 24.3 Å². The van der Waals surface area contributed by atoms with Crippen LogP contribution in [0.5, 0.6) is 5.75 Å². The number of hydrogen-bond donors (Lipinski definition) is 3. The van der Waals surface area contributed by atoms with E-state index in [2.05, 4.69) is 17.9 Å². The van der Waals surface area contributed by atoms with Crippen molar-refractivity contribution in [3.05, 3.63) is 65.5 Å². The average molecular weight is 465 g/mol. The largest absolute Gasteiger partial charge is 0.505 e. The molecule has 0 aromatic heterocycles. The Morgan fingerprint density at radius 3 is 2.50 bits per heavy atom. The number of thiol groups is 1. The van der Waals surface area contributed by atoms with Crippen molar-refractivity contribution in [2.45, 2.75) is 25.6 Å². The molecule has 2 aromatic carbocycles. The van der Waals surface area contributed by atoms with Crippen molar-refractivity contribution in [2.24, 2.45) is 0 Å². The molecule has 2 N–H and O–H groups in total. The highest BCUT2D eigenvalue weighted by atomic mass is 32.1. The Hall–Kier alpha value is -3.11. The van der Waals surface area contributed by atoms with Crippen molar-refractivity contribution < 1.29 is 38.1 Å². The highest BCUT2D eigenvalue weighted by molar-refractivity contribution is 7.81. The Morgan fingerprint density at radius 2 is 1.88 bits per heavy atom. The van der Waals surface area contributed by atoms with E-state index >= 15 is 0 Å². The number of benzene rings is 2. The van der Waals surface area contributed by atoms with Gasteiger partial charge in [-0.25, -0.2) is 9.18 Å². The summed E-state index contributed by atoms with van der Waals surface area (Å²) < 4.78 is 30.1. The smallest absolute Gasteiger partial charge is 0.414 e. The summed E-state index contributed by atoms with van der Waals surface area (Å²) in [6, 6.07) is 11.5. The van der Waals surface area contributed by atoms with Gasteiger partial charge < -0.3 is 19.3 Å². The van der Waals surface area contributed by atoms with Gasteiger partial charge in [0.25, 0.3) is 5.91 Å². The van der Waals surface area contributed by atoms with Gasteiger partial charge >= 0.3 is 12.1 Å². The van der Waals surface area contributed by atoms with E-state index in [1.807, 2.05) is 0 Å². The number of alkyl carbamates (subject to hydrolysis) is 1. The number of hydrogen-bond acceptors (Lipinski definition) is 8. The van der Waals surface area contributed by atoms with Crippen LogP contribution in [-0.4, -0.2) is 48.1 Å². The van der Waals surface area contributed by atoms with Gasteiger partial charge in [0.2, 0.25) is 0 Å². The molecule has 0 bridgehead atoms. The van der Waals surface area contributed by atoms with Crippen molar-refractivity contribution in [1.29, 1.82) is 0 Å². The summed E-state index contributed by atoms with van der Waals surface area (Å²) in [5.41, 5.74) is 0.429. The van der Waals surface area contributed by atoms with Crippen LogP contribution in [0.25, 0.3) is 0 Å². The number of carbonyl (C=O) groups is 3. The molecule has 0 saturated carbocycles. The summed E-state index contributed by atoms with van der Waals surface area (Å²) in [5, 5.41) is 11.6. The van der Waals surface area contributed by atoms with E-state index in [1.165, 1.54) is 18.2 Å². The third kappa shape index (κ3) is 7.54. The van der Waals surface area contributed by atoms with E-state index in [0.29, 0.717) is 0 Å². The van der Waals surface area contributed by atoms with E-state index in [-0.39, 0.29) is 36.5 Å². The van der Waals surface area contributed by atoms with Crippen LogP contribution < -0.4 is 5.32 Å². The van der Waals surface area contributed by atoms with Gasteiger partial charge in [-0.3, -0.25) is 14.9 Å². The lowest BCUT2D eigenvalue weighted by molar-refractivity contribution is -0.142. The van der Waals surface area contributed by atoms with E-state index in [9.17, 15) is 23.9 Å². The van der Waals surface area contributed by atoms with Crippen LogP contribution >= 0.6 is 12.6 Å². The molecule has 0 aliphatic heterocycles. The van der Waals surface area contributed by atoms with Crippen LogP contribution in [0.3, 0.4) is 0 Å². The van der Waals surface area contributed by atoms with Crippen molar-refractivity contribution in [2.75, 3.05) is 19.0 Å². The van der Waals surface area contributed by atoms with Crippen LogP contribution in [0.15, 0.2) is 48.5 Å². The van der Waals surface area contributed by atoms with Crippen molar-refractivity contribution in [3.8, 4) is 5.75 Å². The minimum Gasteiger partial charge on any atom is -0.505 e. The number of nitrogens with one attached hydrogen (secondary N) is 1. The van der Waals surface area contributed by atoms with Gasteiger partial charge in [0.1, 0.15) is 6.10 Å². The first-order chi connectivity index (χ1) is 15.3. The molecule has 0 aliphatic carbocycles. The summed E-state index contributed by atoms with van der Waals surface area (Å²) in [7, 11) is 0. The van der Waals surface area contributed by atoms with Crippen LogP contribution in [0.1, 0.15) is 35.4 Å². The molecule has 32 heavy (non-hydrogen) atoms. The number of aromatic hydroxyl groups is 1. The number of imide groups is 1. The molecule has 2 atom stereocenters. The number of carbonyl (C=O) groups excluding carboxylic acids is 3. The molecule has 2 amide bonds. The quantitative estimate of drug-likeness (QED) is 0.364. The zero-order valence-corrected chi connectivity index (χ0v) is 18.2. The molecule has 172 valence electrons. The third-order valence-corrected chi connectivity index (χ3v) is 4.56.